The zero-order valence-corrected chi connectivity index (χ0v) is 14.1. The summed E-state index contributed by atoms with van der Waals surface area (Å²) < 4.78 is 0. The lowest BCUT2D eigenvalue weighted by Gasteiger charge is -2.13. The van der Waals surface area contributed by atoms with Gasteiger partial charge >= 0.3 is 0 Å². The van der Waals surface area contributed by atoms with E-state index in [0.29, 0.717) is 5.82 Å². The summed E-state index contributed by atoms with van der Waals surface area (Å²) in [5.74, 6) is 2.11. The van der Waals surface area contributed by atoms with Crippen molar-refractivity contribution < 1.29 is 0 Å². The van der Waals surface area contributed by atoms with Crippen LogP contribution < -0.4 is 10.6 Å². The van der Waals surface area contributed by atoms with Crippen LogP contribution >= 0.6 is 0 Å². The molecule has 3 rings (SSSR count). The van der Waals surface area contributed by atoms with Crippen molar-refractivity contribution in [2.24, 2.45) is 0 Å². The molecule has 5 heteroatoms. The topological polar surface area (TPSA) is 62.7 Å². The molecule has 3 aromatic rings. The van der Waals surface area contributed by atoms with Gasteiger partial charge in [-0.2, -0.15) is 0 Å². The van der Waals surface area contributed by atoms with Gasteiger partial charge in [0.25, 0.3) is 0 Å². The Bertz CT molecular complexity index is 815. The van der Waals surface area contributed by atoms with Crippen molar-refractivity contribution in [2.75, 3.05) is 10.6 Å². The van der Waals surface area contributed by atoms with E-state index in [2.05, 4.69) is 39.4 Å². The molecule has 2 N–H and O–H groups in total. The van der Waals surface area contributed by atoms with Crippen LogP contribution in [0.3, 0.4) is 0 Å². The van der Waals surface area contributed by atoms with Crippen LogP contribution in [0.2, 0.25) is 0 Å². The molecule has 0 fully saturated rings. The highest BCUT2D eigenvalue weighted by Crippen LogP contribution is 2.22. The molecule has 0 aliphatic carbocycles. The number of hydrogen-bond donors (Lipinski definition) is 2. The molecule has 0 aliphatic rings. The maximum Gasteiger partial charge on any atom is 0.182 e. The van der Waals surface area contributed by atoms with E-state index in [1.54, 1.807) is 0 Å². The molecule has 0 amide bonds. The van der Waals surface area contributed by atoms with Crippen molar-refractivity contribution in [1.29, 1.82) is 0 Å². The highest BCUT2D eigenvalue weighted by molar-refractivity contribution is 5.63. The third-order valence-electron chi connectivity index (χ3n) is 3.33. The SMILES string of the molecule is Cc1cccc(-c2nc(Nc3ccccc3)cc(NC(C)C)n2)n1. The van der Waals surface area contributed by atoms with E-state index in [1.807, 2.05) is 61.5 Å². The Kier molecular flexibility index (Phi) is 4.70. The predicted octanol–water partition coefficient (Wildman–Crippen LogP) is 4.41. The first-order valence-corrected chi connectivity index (χ1v) is 8.02. The maximum atomic E-state index is 4.62. The minimum atomic E-state index is 0.280. The normalized spacial score (nSPS) is 10.7. The summed E-state index contributed by atoms with van der Waals surface area (Å²) in [5, 5.41) is 6.66. The lowest BCUT2D eigenvalue weighted by molar-refractivity contribution is 0.887. The standard InChI is InChI=1S/C19H21N5/c1-13(2)20-17-12-18(22-15-9-5-4-6-10-15)24-19(23-17)16-11-7-8-14(3)21-16/h4-13H,1-3H3,(H2,20,22,23,24). The lowest BCUT2D eigenvalue weighted by Crippen LogP contribution is -2.12. The van der Waals surface area contributed by atoms with Crippen molar-refractivity contribution in [1.82, 2.24) is 15.0 Å². The Morgan fingerprint density at radius 3 is 2.29 bits per heavy atom. The van der Waals surface area contributed by atoms with Gasteiger partial charge in [-0.05, 0) is 45.0 Å². The quantitative estimate of drug-likeness (QED) is 0.729. The Morgan fingerprint density at radius 1 is 0.833 bits per heavy atom. The first kappa shape index (κ1) is 15.9. The maximum absolute atomic E-state index is 4.62. The summed E-state index contributed by atoms with van der Waals surface area (Å²) >= 11 is 0. The number of rotatable bonds is 5. The van der Waals surface area contributed by atoms with Gasteiger partial charge in [0.2, 0.25) is 0 Å². The van der Waals surface area contributed by atoms with E-state index in [1.165, 1.54) is 0 Å². The van der Waals surface area contributed by atoms with Gasteiger partial charge < -0.3 is 10.6 Å². The van der Waals surface area contributed by atoms with Crippen molar-refractivity contribution in [3.05, 3.63) is 60.3 Å². The molecule has 0 aliphatic heterocycles. The molecule has 0 saturated carbocycles. The van der Waals surface area contributed by atoms with Crippen molar-refractivity contribution >= 4 is 17.3 Å². The van der Waals surface area contributed by atoms with Gasteiger partial charge in [0, 0.05) is 23.5 Å². The number of nitrogens with one attached hydrogen (secondary N) is 2. The Morgan fingerprint density at radius 2 is 1.58 bits per heavy atom. The van der Waals surface area contributed by atoms with E-state index < -0.39 is 0 Å². The van der Waals surface area contributed by atoms with Crippen LogP contribution in [-0.2, 0) is 0 Å². The Balaban J connectivity index is 2.00. The molecule has 0 spiro atoms. The second-order valence-electron chi connectivity index (χ2n) is 5.92. The number of aromatic nitrogens is 3. The lowest BCUT2D eigenvalue weighted by atomic mass is 10.3. The zero-order valence-electron chi connectivity index (χ0n) is 14.1. The van der Waals surface area contributed by atoms with Gasteiger partial charge in [-0.3, -0.25) is 0 Å². The second kappa shape index (κ2) is 7.08. The van der Waals surface area contributed by atoms with Crippen LogP contribution in [0, 0.1) is 6.92 Å². The molecular formula is C19H21N5. The molecule has 0 unspecified atom stereocenters. The van der Waals surface area contributed by atoms with E-state index in [4.69, 9.17) is 0 Å². The van der Waals surface area contributed by atoms with E-state index >= 15 is 0 Å². The molecular weight excluding hydrogens is 298 g/mol. The first-order valence-electron chi connectivity index (χ1n) is 8.02. The Labute approximate surface area is 142 Å². The molecule has 0 atom stereocenters. The molecule has 2 aromatic heterocycles. The monoisotopic (exact) mass is 319 g/mol. The Hall–Kier alpha value is -2.95. The summed E-state index contributed by atoms with van der Waals surface area (Å²) in [5.41, 5.74) is 2.68. The molecule has 1 aromatic carbocycles. The zero-order chi connectivity index (χ0) is 16.9. The third kappa shape index (κ3) is 4.07. The van der Waals surface area contributed by atoms with Crippen LogP contribution in [0.15, 0.2) is 54.6 Å². The number of benzene rings is 1. The minimum absolute atomic E-state index is 0.280. The summed E-state index contributed by atoms with van der Waals surface area (Å²) in [6, 6.07) is 18.0. The van der Waals surface area contributed by atoms with Crippen LogP contribution in [0.1, 0.15) is 19.5 Å². The van der Waals surface area contributed by atoms with Gasteiger partial charge in [-0.1, -0.05) is 24.3 Å². The molecule has 5 nitrogen and oxygen atoms in total. The van der Waals surface area contributed by atoms with E-state index in [-0.39, 0.29) is 6.04 Å². The summed E-state index contributed by atoms with van der Waals surface area (Å²) in [6.07, 6.45) is 0. The molecule has 24 heavy (non-hydrogen) atoms. The third-order valence-corrected chi connectivity index (χ3v) is 3.33. The first-order chi connectivity index (χ1) is 11.6. The predicted molar refractivity (Wildman–Crippen MR) is 98.5 cm³/mol. The minimum Gasteiger partial charge on any atom is -0.368 e. The fraction of sp³-hybridized carbons (Fsp3) is 0.211. The summed E-state index contributed by atoms with van der Waals surface area (Å²) in [4.78, 5) is 13.8. The smallest absolute Gasteiger partial charge is 0.182 e. The highest BCUT2D eigenvalue weighted by atomic mass is 15.1. The second-order valence-corrected chi connectivity index (χ2v) is 5.92. The molecule has 122 valence electrons. The molecule has 2 heterocycles. The fourth-order valence-corrected chi connectivity index (χ4v) is 2.33. The number of anilines is 3. The van der Waals surface area contributed by atoms with Crippen LogP contribution in [0.25, 0.3) is 11.5 Å². The van der Waals surface area contributed by atoms with Crippen LogP contribution in [0.4, 0.5) is 17.3 Å². The average Bonchev–Trinajstić information content (AvgIpc) is 2.55. The summed E-state index contributed by atoms with van der Waals surface area (Å²) in [6.45, 7) is 6.12. The molecule has 0 radical (unpaired) electrons. The largest absolute Gasteiger partial charge is 0.368 e. The average molecular weight is 319 g/mol. The fourth-order valence-electron chi connectivity index (χ4n) is 2.33. The molecule has 0 bridgehead atoms. The highest BCUT2D eigenvalue weighted by Gasteiger charge is 2.09. The van der Waals surface area contributed by atoms with E-state index in [0.717, 1.165) is 28.7 Å². The van der Waals surface area contributed by atoms with Crippen LogP contribution in [-0.4, -0.2) is 21.0 Å². The van der Waals surface area contributed by atoms with E-state index in [9.17, 15) is 0 Å². The molecule has 0 saturated heterocycles. The number of hydrogen-bond acceptors (Lipinski definition) is 5. The number of pyridine rings is 1. The number of nitrogens with zero attached hydrogens (tertiary/aromatic N) is 3. The van der Waals surface area contributed by atoms with Crippen LogP contribution in [0.5, 0.6) is 0 Å². The van der Waals surface area contributed by atoms with Crippen molar-refractivity contribution in [2.45, 2.75) is 26.8 Å². The number of aryl methyl sites for hydroxylation is 1. The van der Waals surface area contributed by atoms with Gasteiger partial charge in [0.15, 0.2) is 5.82 Å². The van der Waals surface area contributed by atoms with Crippen molar-refractivity contribution in [3.8, 4) is 11.5 Å². The summed E-state index contributed by atoms with van der Waals surface area (Å²) in [7, 11) is 0. The van der Waals surface area contributed by atoms with Gasteiger partial charge in [0.05, 0.1) is 0 Å². The van der Waals surface area contributed by atoms with Gasteiger partial charge in [-0.15, -0.1) is 0 Å². The van der Waals surface area contributed by atoms with Crippen molar-refractivity contribution in [3.63, 3.8) is 0 Å². The number of para-hydroxylation sites is 1. The van der Waals surface area contributed by atoms with Gasteiger partial charge in [-0.25, -0.2) is 15.0 Å². The van der Waals surface area contributed by atoms with Gasteiger partial charge in [0.1, 0.15) is 17.3 Å².